The van der Waals surface area contributed by atoms with E-state index in [2.05, 4.69) is 0 Å². The van der Waals surface area contributed by atoms with Crippen LogP contribution in [0.5, 0.6) is 0 Å². The van der Waals surface area contributed by atoms with E-state index in [-0.39, 0.29) is 0 Å². The SMILES string of the molecule is CC(O)/C=C/c1ccc(-c2ccccc2Cl)cc1. The maximum absolute atomic E-state index is 9.18. The minimum atomic E-state index is -0.423. The molecule has 0 saturated heterocycles. The molecule has 0 spiro atoms. The first-order chi connectivity index (χ1) is 8.66. The molecule has 1 nitrogen and oxygen atoms in total. The van der Waals surface area contributed by atoms with Gasteiger partial charge in [0.2, 0.25) is 0 Å². The summed E-state index contributed by atoms with van der Waals surface area (Å²) in [6.07, 6.45) is 3.24. The summed E-state index contributed by atoms with van der Waals surface area (Å²) in [6, 6.07) is 15.9. The van der Waals surface area contributed by atoms with Crippen LogP contribution in [0.4, 0.5) is 0 Å². The highest BCUT2D eigenvalue weighted by molar-refractivity contribution is 6.33. The third-order valence-electron chi connectivity index (χ3n) is 2.66. The number of rotatable bonds is 3. The van der Waals surface area contributed by atoms with E-state index in [1.54, 1.807) is 13.0 Å². The highest BCUT2D eigenvalue weighted by Crippen LogP contribution is 2.27. The van der Waals surface area contributed by atoms with Gasteiger partial charge in [-0.2, -0.15) is 0 Å². The molecule has 0 saturated carbocycles. The summed E-state index contributed by atoms with van der Waals surface area (Å²) in [6.45, 7) is 1.73. The van der Waals surface area contributed by atoms with Gasteiger partial charge in [-0.15, -0.1) is 0 Å². The van der Waals surface area contributed by atoms with Crippen molar-refractivity contribution in [2.45, 2.75) is 13.0 Å². The molecule has 2 aromatic rings. The van der Waals surface area contributed by atoms with E-state index in [9.17, 15) is 5.11 Å². The van der Waals surface area contributed by atoms with Crippen LogP contribution in [0.15, 0.2) is 54.6 Å². The third-order valence-corrected chi connectivity index (χ3v) is 2.99. The molecule has 2 rings (SSSR count). The van der Waals surface area contributed by atoms with Gasteiger partial charge in [0.15, 0.2) is 0 Å². The maximum Gasteiger partial charge on any atom is 0.0696 e. The first-order valence-corrected chi connectivity index (χ1v) is 6.26. The standard InChI is InChI=1S/C16H15ClO/c1-12(18)6-7-13-8-10-14(11-9-13)15-4-2-3-5-16(15)17/h2-12,18H,1H3/b7-6+. The van der Waals surface area contributed by atoms with Gasteiger partial charge in [-0.3, -0.25) is 0 Å². The van der Waals surface area contributed by atoms with Crippen molar-refractivity contribution < 1.29 is 5.11 Å². The van der Waals surface area contributed by atoms with Crippen molar-refractivity contribution in [3.05, 3.63) is 65.2 Å². The Labute approximate surface area is 112 Å². The molecule has 0 bridgehead atoms. The molecule has 0 fully saturated rings. The monoisotopic (exact) mass is 258 g/mol. The molecule has 0 aliphatic carbocycles. The Morgan fingerprint density at radius 3 is 2.33 bits per heavy atom. The summed E-state index contributed by atoms with van der Waals surface area (Å²) in [5, 5.41) is 9.93. The van der Waals surface area contributed by atoms with Gasteiger partial charge >= 0.3 is 0 Å². The van der Waals surface area contributed by atoms with E-state index in [0.29, 0.717) is 0 Å². The summed E-state index contributed by atoms with van der Waals surface area (Å²) >= 11 is 6.15. The van der Waals surface area contributed by atoms with Crippen LogP contribution >= 0.6 is 11.6 Å². The van der Waals surface area contributed by atoms with Gasteiger partial charge in [-0.25, -0.2) is 0 Å². The molecule has 1 N–H and O–H groups in total. The van der Waals surface area contributed by atoms with Crippen molar-refractivity contribution in [1.82, 2.24) is 0 Å². The summed E-state index contributed by atoms with van der Waals surface area (Å²) < 4.78 is 0. The van der Waals surface area contributed by atoms with Gasteiger partial charge in [0.1, 0.15) is 0 Å². The second kappa shape index (κ2) is 5.85. The van der Waals surface area contributed by atoms with Crippen molar-refractivity contribution in [2.75, 3.05) is 0 Å². The second-order valence-electron chi connectivity index (χ2n) is 4.20. The van der Waals surface area contributed by atoms with Gasteiger partial charge in [0.05, 0.1) is 6.10 Å². The van der Waals surface area contributed by atoms with Crippen LogP contribution in [0.25, 0.3) is 17.2 Å². The fourth-order valence-electron chi connectivity index (χ4n) is 1.72. The number of halogens is 1. The molecule has 0 amide bonds. The third kappa shape index (κ3) is 3.22. The molecule has 18 heavy (non-hydrogen) atoms. The zero-order valence-electron chi connectivity index (χ0n) is 10.2. The number of aliphatic hydroxyl groups is 1. The van der Waals surface area contributed by atoms with Crippen molar-refractivity contribution in [3.63, 3.8) is 0 Å². The molecule has 2 aromatic carbocycles. The molecule has 0 aliphatic rings. The van der Waals surface area contributed by atoms with E-state index in [1.165, 1.54) is 0 Å². The van der Waals surface area contributed by atoms with E-state index in [1.807, 2.05) is 54.6 Å². The van der Waals surface area contributed by atoms with Crippen LogP contribution in [0.2, 0.25) is 5.02 Å². The van der Waals surface area contributed by atoms with Crippen LogP contribution < -0.4 is 0 Å². The lowest BCUT2D eigenvalue weighted by Crippen LogP contribution is -1.91. The largest absolute Gasteiger partial charge is 0.389 e. The molecular weight excluding hydrogens is 244 g/mol. The van der Waals surface area contributed by atoms with Crippen LogP contribution in [-0.2, 0) is 0 Å². The van der Waals surface area contributed by atoms with E-state index >= 15 is 0 Å². The average Bonchev–Trinajstić information content (AvgIpc) is 2.38. The highest BCUT2D eigenvalue weighted by atomic mass is 35.5. The number of hydrogen-bond acceptors (Lipinski definition) is 1. The lowest BCUT2D eigenvalue weighted by molar-refractivity contribution is 0.245. The van der Waals surface area contributed by atoms with Gasteiger partial charge in [0.25, 0.3) is 0 Å². The molecule has 0 aromatic heterocycles. The van der Waals surface area contributed by atoms with E-state index in [4.69, 9.17) is 11.6 Å². The Bertz CT molecular complexity index is 541. The maximum atomic E-state index is 9.18. The van der Waals surface area contributed by atoms with Crippen molar-refractivity contribution in [1.29, 1.82) is 0 Å². The molecule has 1 atom stereocenters. The van der Waals surface area contributed by atoms with E-state index in [0.717, 1.165) is 21.7 Å². The molecule has 1 unspecified atom stereocenters. The van der Waals surface area contributed by atoms with Gasteiger partial charge < -0.3 is 5.11 Å². The molecule has 0 aliphatic heterocycles. The fourth-order valence-corrected chi connectivity index (χ4v) is 1.96. The van der Waals surface area contributed by atoms with Crippen molar-refractivity contribution in [2.24, 2.45) is 0 Å². The smallest absolute Gasteiger partial charge is 0.0696 e. The minimum absolute atomic E-state index is 0.423. The number of aliphatic hydroxyl groups excluding tert-OH is 1. The van der Waals surface area contributed by atoms with Crippen LogP contribution in [0.1, 0.15) is 12.5 Å². The zero-order chi connectivity index (χ0) is 13.0. The fraction of sp³-hybridized carbons (Fsp3) is 0.125. The quantitative estimate of drug-likeness (QED) is 0.865. The highest BCUT2D eigenvalue weighted by Gasteiger charge is 2.01. The molecule has 0 heterocycles. The van der Waals surface area contributed by atoms with Crippen molar-refractivity contribution in [3.8, 4) is 11.1 Å². The van der Waals surface area contributed by atoms with Crippen LogP contribution in [0.3, 0.4) is 0 Å². The Kier molecular flexibility index (Phi) is 4.19. The first-order valence-electron chi connectivity index (χ1n) is 5.88. The summed E-state index contributed by atoms with van der Waals surface area (Å²) in [7, 11) is 0. The minimum Gasteiger partial charge on any atom is -0.389 e. The number of hydrogen-bond donors (Lipinski definition) is 1. The van der Waals surface area contributed by atoms with Crippen LogP contribution in [-0.4, -0.2) is 11.2 Å². The van der Waals surface area contributed by atoms with Gasteiger partial charge in [-0.1, -0.05) is 66.2 Å². The Balaban J connectivity index is 2.25. The molecule has 2 heteroatoms. The summed E-state index contributed by atoms with van der Waals surface area (Å²) in [5.41, 5.74) is 3.19. The average molecular weight is 259 g/mol. The predicted molar refractivity (Wildman–Crippen MR) is 77.6 cm³/mol. The molecule has 0 radical (unpaired) electrons. The Hall–Kier alpha value is -1.57. The van der Waals surface area contributed by atoms with Gasteiger partial charge in [-0.05, 0) is 24.1 Å². The van der Waals surface area contributed by atoms with Crippen molar-refractivity contribution >= 4 is 17.7 Å². The Morgan fingerprint density at radius 1 is 1.06 bits per heavy atom. The predicted octanol–water partition coefficient (Wildman–Crippen LogP) is 4.40. The van der Waals surface area contributed by atoms with Gasteiger partial charge in [0, 0.05) is 10.6 Å². The molecular formula is C16H15ClO. The number of benzene rings is 2. The lowest BCUT2D eigenvalue weighted by Gasteiger charge is -2.04. The van der Waals surface area contributed by atoms with E-state index < -0.39 is 6.10 Å². The lowest BCUT2D eigenvalue weighted by atomic mass is 10.0. The Morgan fingerprint density at radius 2 is 1.72 bits per heavy atom. The molecule has 92 valence electrons. The topological polar surface area (TPSA) is 20.2 Å². The first kappa shape index (κ1) is 12.9. The second-order valence-corrected chi connectivity index (χ2v) is 4.61. The zero-order valence-corrected chi connectivity index (χ0v) is 10.9. The normalized spacial score (nSPS) is 12.8. The summed E-state index contributed by atoms with van der Waals surface area (Å²) in [4.78, 5) is 0. The van der Waals surface area contributed by atoms with Crippen LogP contribution in [0, 0.1) is 0 Å². The summed E-state index contributed by atoms with van der Waals surface area (Å²) in [5.74, 6) is 0.